The Morgan fingerprint density at radius 2 is 2.12 bits per heavy atom. The van der Waals surface area contributed by atoms with Gasteiger partial charge in [0.2, 0.25) is 5.88 Å². The summed E-state index contributed by atoms with van der Waals surface area (Å²) in [6.07, 6.45) is 1.44. The average molecular weight is 253 g/mol. The van der Waals surface area contributed by atoms with Crippen molar-refractivity contribution in [1.82, 2.24) is 4.98 Å². The van der Waals surface area contributed by atoms with E-state index in [0.717, 1.165) is 0 Å². The van der Waals surface area contributed by atoms with Gasteiger partial charge in [0.05, 0.1) is 11.9 Å². The van der Waals surface area contributed by atoms with Crippen molar-refractivity contribution in [3.05, 3.63) is 46.9 Å². The molecule has 0 saturated carbocycles. The molecule has 1 aromatic carbocycles. The van der Waals surface area contributed by atoms with Crippen LogP contribution in [0.4, 0.5) is 10.1 Å². The summed E-state index contributed by atoms with van der Waals surface area (Å²) in [6, 6.07) is 5.95. The lowest BCUT2D eigenvalue weighted by Gasteiger charge is -2.07. The molecule has 5 heteroatoms. The van der Waals surface area contributed by atoms with E-state index in [2.05, 4.69) is 4.98 Å². The average Bonchev–Trinajstić information content (AvgIpc) is 2.27. The molecule has 0 saturated heterocycles. The van der Waals surface area contributed by atoms with Crippen molar-refractivity contribution in [3.63, 3.8) is 0 Å². The molecular weight excluding hydrogens is 243 g/mol. The normalized spacial score (nSPS) is 10.3. The van der Waals surface area contributed by atoms with Gasteiger partial charge in [0.1, 0.15) is 16.6 Å². The van der Waals surface area contributed by atoms with Gasteiger partial charge in [0.15, 0.2) is 0 Å². The van der Waals surface area contributed by atoms with Crippen molar-refractivity contribution < 1.29 is 9.13 Å². The minimum atomic E-state index is -0.284. The molecule has 0 amide bonds. The van der Waals surface area contributed by atoms with Gasteiger partial charge in [-0.2, -0.15) is 0 Å². The predicted octanol–water partition coefficient (Wildman–Crippen LogP) is 3.56. The lowest BCUT2D eigenvalue weighted by molar-refractivity contribution is 0.461. The van der Waals surface area contributed by atoms with Crippen molar-refractivity contribution in [2.45, 2.75) is 6.92 Å². The van der Waals surface area contributed by atoms with Crippen LogP contribution in [-0.2, 0) is 0 Å². The summed E-state index contributed by atoms with van der Waals surface area (Å²) in [5, 5.41) is 0.312. The Hall–Kier alpha value is -1.81. The molecule has 0 aliphatic heterocycles. The van der Waals surface area contributed by atoms with E-state index in [1.165, 1.54) is 18.3 Å². The number of halogens is 2. The first-order chi connectivity index (χ1) is 8.06. The number of hydrogen-bond acceptors (Lipinski definition) is 3. The van der Waals surface area contributed by atoms with Crippen LogP contribution in [0.3, 0.4) is 0 Å². The van der Waals surface area contributed by atoms with E-state index in [-0.39, 0.29) is 11.7 Å². The Bertz CT molecular complexity index is 560. The molecule has 0 fully saturated rings. The van der Waals surface area contributed by atoms with Crippen molar-refractivity contribution in [3.8, 4) is 11.6 Å². The van der Waals surface area contributed by atoms with E-state index in [9.17, 15) is 4.39 Å². The Morgan fingerprint density at radius 3 is 2.76 bits per heavy atom. The van der Waals surface area contributed by atoms with Gasteiger partial charge in [-0.05, 0) is 36.8 Å². The van der Waals surface area contributed by atoms with Crippen molar-refractivity contribution in [2.75, 3.05) is 5.73 Å². The molecule has 3 nitrogen and oxygen atoms in total. The van der Waals surface area contributed by atoms with Crippen LogP contribution in [-0.4, -0.2) is 4.98 Å². The molecule has 0 aliphatic rings. The maximum absolute atomic E-state index is 13.1. The maximum atomic E-state index is 13.1. The number of aromatic nitrogens is 1. The summed E-state index contributed by atoms with van der Waals surface area (Å²) in [7, 11) is 0. The second-order valence-electron chi connectivity index (χ2n) is 3.57. The Balaban J connectivity index is 2.28. The molecule has 0 unspecified atom stereocenters. The zero-order valence-corrected chi connectivity index (χ0v) is 9.83. The summed E-state index contributed by atoms with van der Waals surface area (Å²) in [4.78, 5) is 3.95. The number of hydrogen-bond donors (Lipinski definition) is 1. The molecule has 88 valence electrons. The minimum Gasteiger partial charge on any atom is -0.438 e. The highest BCUT2D eigenvalue weighted by atomic mass is 35.5. The highest BCUT2D eigenvalue weighted by molar-refractivity contribution is 6.32. The number of ether oxygens (including phenoxy) is 1. The zero-order valence-electron chi connectivity index (χ0n) is 9.08. The molecular formula is C12H10ClFN2O. The van der Waals surface area contributed by atoms with Crippen LogP contribution in [0.1, 0.15) is 5.56 Å². The van der Waals surface area contributed by atoms with Crippen LogP contribution >= 0.6 is 11.6 Å². The van der Waals surface area contributed by atoms with E-state index in [1.807, 2.05) is 0 Å². The number of nitrogens with two attached hydrogens (primary N) is 1. The molecule has 0 atom stereocenters. The van der Waals surface area contributed by atoms with E-state index < -0.39 is 0 Å². The van der Waals surface area contributed by atoms with E-state index in [1.54, 1.807) is 19.1 Å². The van der Waals surface area contributed by atoms with E-state index in [0.29, 0.717) is 22.0 Å². The Morgan fingerprint density at radius 1 is 1.35 bits per heavy atom. The second kappa shape index (κ2) is 4.59. The third-order valence-electron chi connectivity index (χ3n) is 2.17. The summed E-state index contributed by atoms with van der Waals surface area (Å²) in [5.74, 6) is 0.434. The van der Waals surface area contributed by atoms with Gasteiger partial charge in [-0.25, -0.2) is 9.37 Å². The summed E-state index contributed by atoms with van der Waals surface area (Å²) >= 11 is 5.91. The second-order valence-corrected chi connectivity index (χ2v) is 3.98. The van der Waals surface area contributed by atoms with Crippen LogP contribution in [0.5, 0.6) is 11.6 Å². The molecule has 2 N–H and O–H groups in total. The quantitative estimate of drug-likeness (QED) is 0.889. The number of benzene rings is 1. The smallest absolute Gasteiger partial charge is 0.238 e. The fourth-order valence-electron chi connectivity index (χ4n) is 1.31. The van der Waals surface area contributed by atoms with Gasteiger partial charge in [0, 0.05) is 0 Å². The molecule has 2 aromatic rings. The number of rotatable bonds is 2. The highest BCUT2D eigenvalue weighted by Crippen LogP contribution is 2.28. The van der Waals surface area contributed by atoms with Crippen molar-refractivity contribution >= 4 is 17.3 Å². The van der Waals surface area contributed by atoms with E-state index in [4.69, 9.17) is 22.1 Å². The standard InChI is InChI=1S/C12H10ClFN2O/c1-7-4-9(2-3-11(7)14)17-12-10(13)5-8(15)6-16-12/h2-6H,15H2,1H3. The fourth-order valence-corrected chi connectivity index (χ4v) is 1.52. The van der Waals surface area contributed by atoms with E-state index >= 15 is 0 Å². The summed E-state index contributed by atoms with van der Waals surface area (Å²) in [6.45, 7) is 1.65. The van der Waals surface area contributed by atoms with Gasteiger partial charge in [-0.3, -0.25) is 0 Å². The largest absolute Gasteiger partial charge is 0.438 e. The predicted molar refractivity (Wildman–Crippen MR) is 64.9 cm³/mol. The first-order valence-electron chi connectivity index (χ1n) is 4.91. The zero-order chi connectivity index (χ0) is 12.4. The fraction of sp³-hybridized carbons (Fsp3) is 0.0833. The van der Waals surface area contributed by atoms with Crippen LogP contribution in [0, 0.1) is 12.7 Å². The van der Waals surface area contributed by atoms with Crippen LogP contribution in [0.25, 0.3) is 0 Å². The van der Waals surface area contributed by atoms with Gasteiger partial charge in [0.25, 0.3) is 0 Å². The SMILES string of the molecule is Cc1cc(Oc2ncc(N)cc2Cl)ccc1F. The number of aryl methyl sites for hydroxylation is 1. The molecule has 0 spiro atoms. The molecule has 2 rings (SSSR count). The minimum absolute atomic E-state index is 0.242. The lowest BCUT2D eigenvalue weighted by atomic mass is 10.2. The number of pyridine rings is 1. The van der Waals surface area contributed by atoms with Gasteiger partial charge in [-0.15, -0.1) is 0 Å². The van der Waals surface area contributed by atoms with Crippen molar-refractivity contribution in [1.29, 1.82) is 0 Å². The first-order valence-corrected chi connectivity index (χ1v) is 5.29. The molecule has 0 bridgehead atoms. The van der Waals surface area contributed by atoms with Crippen LogP contribution < -0.4 is 10.5 Å². The Labute approximate surface area is 103 Å². The van der Waals surface area contributed by atoms with Gasteiger partial charge >= 0.3 is 0 Å². The molecule has 0 radical (unpaired) electrons. The third-order valence-corrected chi connectivity index (χ3v) is 2.44. The maximum Gasteiger partial charge on any atom is 0.238 e. The first kappa shape index (κ1) is 11.7. The monoisotopic (exact) mass is 252 g/mol. The van der Waals surface area contributed by atoms with Crippen molar-refractivity contribution in [2.24, 2.45) is 0 Å². The highest BCUT2D eigenvalue weighted by Gasteiger charge is 2.06. The third kappa shape index (κ3) is 2.65. The topological polar surface area (TPSA) is 48.1 Å². The number of anilines is 1. The van der Waals surface area contributed by atoms with Crippen LogP contribution in [0.15, 0.2) is 30.5 Å². The Kier molecular flexibility index (Phi) is 3.15. The van der Waals surface area contributed by atoms with Gasteiger partial charge in [-0.1, -0.05) is 11.6 Å². The summed E-state index contributed by atoms with van der Waals surface area (Å²) in [5.41, 5.74) is 6.46. The van der Waals surface area contributed by atoms with Gasteiger partial charge < -0.3 is 10.5 Å². The molecule has 17 heavy (non-hydrogen) atoms. The number of nitrogens with zero attached hydrogens (tertiary/aromatic N) is 1. The molecule has 1 aromatic heterocycles. The van der Waals surface area contributed by atoms with Crippen LogP contribution in [0.2, 0.25) is 5.02 Å². The summed E-state index contributed by atoms with van der Waals surface area (Å²) < 4.78 is 18.5. The molecule has 1 heterocycles. The number of nitrogen functional groups attached to an aromatic ring is 1. The lowest BCUT2D eigenvalue weighted by Crippen LogP contribution is -1.93. The molecule has 0 aliphatic carbocycles.